The molecule has 1 aliphatic rings. The second-order valence-corrected chi connectivity index (χ2v) is 5.23. The van der Waals surface area contributed by atoms with Crippen molar-refractivity contribution in [1.29, 1.82) is 0 Å². The fourth-order valence-electron chi connectivity index (χ4n) is 2.40. The highest BCUT2D eigenvalue weighted by molar-refractivity contribution is 5.53. The lowest BCUT2D eigenvalue weighted by Crippen LogP contribution is -2.21. The van der Waals surface area contributed by atoms with E-state index in [4.69, 9.17) is 4.52 Å². The zero-order valence-electron chi connectivity index (χ0n) is 11.3. The minimum absolute atomic E-state index is 0.262. The number of hydrogen-bond donors (Lipinski definition) is 1. The van der Waals surface area contributed by atoms with E-state index in [9.17, 15) is 0 Å². The van der Waals surface area contributed by atoms with Crippen molar-refractivity contribution in [3.63, 3.8) is 0 Å². The summed E-state index contributed by atoms with van der Waals surface area (Å²) in [5, 5.41) is 7.45. The molecule has 1 unspecified atom stereocenters. The third-order valence-electron chi connectivity index (χ3n) is 3.31. The molecule has 0 radical (unpaired) electrons. The minimum Gasteiger partial charge on any atom is -0.384 e. The van der Waals surface area contributed by atoms with Crippen LogP contribution in [0.25, 0.3) is 0 Å². The molecule has 19 heavy (non-hydrogen) atoms. The molecule has 2 aromatic rings. The Kier molecular flexibility index (Phi) is 3.21. The summed E-state index contributed by atoms with van der Waals surface area (Å²) in [7, 11) is 3.99. The molecule has 1 aliphatic heterocycles. The van der Waals surface area contributed by atoms with E-state index < -0.39 is 0 Å². The lowest BCUT2D eigenvalue weighted by Gasteiger charge is -2.23. The van der Waals surface area contributed by atoms with Gasteiger partial charge in [0.1, 0.15) is 0 Å². The number of hydrogen-bond acceptors (Lipinski definition) is 5. The first kappa shape index (κ1) is 12.2. The van der Waals surface area contributed by atoms with Gasteiger partial charge in [0, 0.05) is 12.2 Å². The first-order valence-electron chi connectivity index (χ1n) is 6.51. The van der Waals surface area contributed by atoms with Crippen molar-refractivity contribution in [1.82, 2.24) is 15.0 Å². The molecule has 0 aliphatic carbocycles. The third kappa shape index (κ3) is 2.61. The Labute approximate surface area is 112 Å². The van der Waals surface area contributed by atoms with Gasteiger partial charge in [-0.15, -0.1) is 0 Å². The van der Waals surface area contributed by atoms with Crippen LogP contribution in [-0.4, -0.2) is 35.7 Å². The van der Waals surface area contributed by atoms with Crippen LogP contribution in [-0.2, 0) is 13.0 Å². The lowest BCUT2D eigenvalue weighted by molar-refractivity contribution is 0.336. The number of para-hydroxylation sites is 1. The first-order chi connectivity index (χ1) is 9.22. The fourth-order valence-corrected chi connectivity index (χ4v) is 2.40. The Balaban J connectivity index is 1.76. The minimum atomic E-state index is 0.262. The molecule has 1 atom stereocenters. The van der Waals surface area contributed by atoms with Crippen LogP contribution < -0.4 is 5.32 Å². The third-order valence-corrected chi connectivity index (χ3v) is 3.31. The van der Waals surface area contributed by atoms with E-state index in [-0.39, 0.29) is 5.92 Å². The van der Waals surface area contributed by atoms with Crippen molar-refractivity contribution in [3.8, 4) is 0 Å². The van der Waals surface area contributed by atoms with Crippen LogP contribution in [0.2, 0.25) is 0 Å². The maximum atomic E-state index is 5.39. The van der Waals surface area contributed by atoms with Crippen molar-refractivity contribution in [2.24, 2.45) is 0 Å². The van der Waals surface area contributed by atoms with Gasteiger partial charge in [-0.25, -0.2) is 0 Å². The Bertz CT molecular complexity index is 564. The summed E-state index contributed by atoms with van der Waals surface area (Å²) in [6, 6.07) is 8.37. The summed E-state index contributed by atoms with van der Waals surface area (Å²) in [5.41, 5.74) is 2.53. The van der Waals surface area contributed by atoms with E-state index in [1.165, 1.54) is 11.3 Å². The van der Waals surface area contributed by atoms with Gasteiger partial charge in [0.25, 0.3) is 0 Å². The zero-order chi connectivity index (χ0) is 13.2. The van der Waals surface area contributed by atoms with Gasteiger partial charge in [-0.3, -0.25) is 0 Å². The van der Waals surface area contributed by atoms with Gasteiger partial charge >= 0.3 is 0 Å². The maximum absolute atomic E-state index is 5.39. The Morgan fingerprint density at radius 3 is 3.05 bits per heavy atom. The smallest absolute Gasteiger partial charge is 0.231 e. The monoisotopic (exact) mass is 258 g/mol. The first-order valence-corrected chi connectivity index (χ1v) is 6.51. The molecule has 5 nitrogen and oxygen atoms in total. The molecule has 100 valence electrons. The predicted molar refractivity (Wildman–Crippen MR) is 73.1 cm³/mol. The molecule has 0 saturated heterocycles. The van der Waals surface area contributed by atoms with Gasteiger partial charge in [-0.1, -0.05) is 23.4 Å². The molecule has 0 saturated carbocycles. The predicted octanol–water partition coefficient (Wildman–Crippen LogP) is 1.88. The number of nitrogens with zero attached hydrogens (tertiary/aromatic N) is 3. The van der Waals surface area contributed by atoms with E-state index in [0.29, 0.717) is 6.54 Å². The summed E-state index contributed by atoms with van der Waals surface area (Å²) in [6.07, 6.45) is 0.951. The van der Waals surface area contributed by atoms with Gasteiger partial charge in [0.2, 0.25) is 5.89 Å². The lowest BCUT2D eigenvalue weighted by atomic mass is 9.94. The van der Waals surface area contributed by atoms with E-state index >= 15 is 0 Å². The highest BCUT2D eigenvalue weighted by Gasteiger charge is 2.24. The van der Waals surface area contributed by atoms with Crippen molar-refractivity contribution in [3.05, 3.63) is 41.5 Å². The Morgan fingerprint density at radius 2 is 2.21 bits per heavy atom. The fraction of sp³-hybridized carbons (Fsp3) is 0.429. The van der Waals surface area contributed by atoms with Crippen LogP contribution in [0.15, 0.2) is 28.8 Å². The molecule has 1 aromatic carbocycles. The molecule has 0 bridgehead atoms. The topological polar surface area (TPSA) is 54.2 Å². The highest BCUT2D eigenvalue weighted by atomic mass is 16.5. The Hall–Kier alpha value is -1.88. The molecule has 0 fully saturated rings. The molecule has 5 heteroatoms. The molecule has 1 aromatic heterocycles. The number of rotatable bonds is 3. The van der Waals surface area contributed by atoms with E-state index in [1.807, 2.05) is 25.1 Å². The number of nitrogens with one attached hydrogen (secondary N) is 1. The second-order valence-electron chi connectivity index (χ2n) is 5.23. The van der Waals surface area contributed by atoms with E-state index in [0.717, 1.165) is 24.7 Å². The average Bonchev–Trinajstić information content (AvgIpc) is 2.86. The Morgan fingerprint density at radius 1 is 1.37 bits per heavy atom. The second kappa shape index (κ2) is 5.01. The molecule has 2 heterocycles. The van der Waals surface area contributed by atoms with Crippen LogP contribution in [0.1, 0.15) is 23.2 Å². The van der Waals surface area contributed by atoms with Crippen LogP contribution in [0.4, 0.5) is 5.69 Å². The molecule has 3 rings (SSSR count). The molecular formula is C14H18N4O. The zero-order valence-corrected chi connectivity index (χ0v) is 11.3. The van der Waals surface area contributed by atoms with Crippen LogP contribution in [0, 0.1) is 0 Å². The van der Waals surface area contributed by atoms with Gasteiger partial charge in [-0.2, -0.15) is 4.98 Å². The quantitative estimate of drug-likeness (QED) is 0.911. The van der Waals surface area contributed by atoms with Crippen molar-refractivity contribution < 1.29 is 4.52 Å². The van der Waals surface area contributed by atoms with Crippen LogP contribution >= 0.6 is 0 Å². The van der Waals surface area contributed by atoms with Gasteiger partial charge in [0.15, 0.2) is 5.82 Å². The van der Waals surface area contributed by atoms with Gasteiger partial charge < -0.3 is 14.7 Å². The summed E-state index contributed by atoms with van der Waals surface area (Å²) in [4.78, 5) is 6.52. The van der Waals surface area contributed by atoms with Crippen molar-refractivity contribution >= 4 is 5.69 Å². The van der Waals surface area contributed by atoms with E-state index in [2.05, 4.69) is 33.7 Å². The van der Waals surface area contributed by atoms with Gasteiger partial charge in [0.05, 0.1) is 12.5 Å². The summed E-state index contributed by atoms with van der Waals surface area (Å²) < 4.78 is 5.39. The normalized spacial score (nSPS) is 18.2. The van der Waals surface area contributed by atoms with Gasteiger partial charge in [-0.05, 0) is 32.1 Å². The van der Waals surface area contributed by atoms with Crippen molar-refractivity contribution in [2.45, 2.75) is 18.9 Å². The summed E-state index contributed by atoms with van der Waals surface area (Å²) in [5.74, 6) is 1.75. The maximum Gasteiger partial charge on any atom is 0.231 e. The van der Waals surface area contributed by atoms with Crippen LogP contribution in [0.3, 0.4) is 0 Å². The molecular weight excluding hydrogens is 240 g/mol. The summed E-state index contributed by atoms with van der Waals surface area (Å²) >= 11 is 0. The van der Waals surface area contributed by atoms with Crippen molar-refractivity contribution in [2.75, 3.05) is 26.0 Å². The summed E-state index contributed by atoms with van der Waals surface area (Å²) in [6.45, 7) is 1.56. The average molecular weight is 258 g/mol. The largest absolute Gasteiger partial charge is 0.384 e. The van der Waals surface area contributed by atoms with Crippen LogP contribution in [0.5, 0.6) is 0 Å². The number of fused-ring (bicyclic) bond motifs is 1. The number of benzene rings is 1. The molecule has 0 spiro atoms. The van der Waals surface area contributed by atoms with E-state index in [1.54, 1.807) is 0 Å². The highest BCUT2D eigenvalue weighted by Crippen LogP contribution is 2.29. The number of anilines is 1. The number of aromatic nitrogens is 2. The SMILES string of the molecule is CN(C)Cc1noc(C2CNc3ccccc3C2)n1. The molecule has 1 N–H and O–H groups in total. The standard InChI is InChI=1S/C14H18N4O/c1-18(2)9-13-16-14(19-17-13)11-7-10-5-3-4-6-12(10)15-8-11/h3-6,11,15H,7-9H2,1-2H3. The molecule has 0 amide bonds.